The van der Waals surface area contributed by atoms with Crippen molar-refractivity contribution in [1.82, 2.24) is 0 Å². The molecule has 1 aliphatic carbocycles. The molecule has 0 atom stereocenters. The molecule has 248 valence electrons. The summed E-state index contributed by atoms with van der Waals surface area (Å²) in [6, 6.07) is 28.2. The first-order valence-electron chi connectivity index (χ1n) is 15.1. The summed E-state index contributed by atoms with van der Waals surface area (Å²) in [7, 11) is -1.08. The second-order valence-electron chi connectivity index (χ2n) is 11.9. The van der Waals surface area contributed by atoms with Gasteiger partial charge in [-0.3, -0.25) is 4.55 Å². The van der Waals surface area contributed by atoms with E-state index in [9.17, 15) is 25.9 Å². The smallest absolute Gasteiger partial charge is 0.294 e. The van der Waals surface area contributed by atoms with Gasteiger partial charge >= 0.3 is 0 Å². The molecule has 0 bridgehead atoms. The van der Waals surface area contributed by atoms with Gasteiger partial charge in [-0.1, -0.05) is 48.5 Å². The third kappa shape index (κ3) is 8.36. The largest absolute Gasteiger partial charge is 0.744 e. The highest BCUT2D eigenvalue weighted by atomic mass is 32.2. The van der Waals surface area contributed by atoms with Crippen molar-refractivity contribution in [3.8, 4) is 0 Å². The van der Waals surface area contributed by atoms with Gasteiger partial charge in [-0.2, -0.15) is 8.42 Å². The van der Waals surface area contributed by atoms with Crippen LogP contribution in [0.4, 0.5) is 11.4 Å². The molecule has 4 aromatic carbocycles. The highest BCUT2D eigenvalue weighted by Crippen LogP contribution is 2.33. The van der Waals surface area contributed by atoms with Crippen LogP contribution in [-0.2, 0) is 33.3 Å². The Balaban J connectivity index is 1.57. The number of allylic oxidation sites excluding steroid dienone is 5. The minimum Gasteiger partial charge on any atom is -0.744 e. The standard InChI is InChI=1S/C37H37N3O6S2/c1-38(2)32-17-11-29(12-18-32)37(30-13-19-33(20-14-30)39(3)4)31-15-21-34(22-16-31)40(25-27-7-5-9-35(23-27)47(41,42)43)26-28-8-6-10-36(24-28)48(44,45)46/h5-24H,25-26H2,1-4H3,(H-,41,42,43,44,45,46). The van der Waals surface area contributed by atoms with Gasteiger partial charge in [0.2, 0.25) is 0 Å². The lowest BCUT2D eigenvalue weighted by atomic mass is 9.90. The van der Waals surface area contributed by atoms with Gasteiger partial charge in [0.15, 0.2) is 5.71 Å². The van der Waals surface area contributed by atoms with Crippen molar-refractivity contribution in [2.24, 2.45) is 0 Å². The first-order chi connectivity index (χ1) is 22.7. The summed E-state index contributed by atoms with van der Waals surface area (Å²) in [5, 5.41) is 0. The normalized spacial score (nSPS) is 13.0. The van der Waals surface area contributed by atoms with Crippen LogP contribution < -0.4 is 9.80 Å². The highest BCUT2D eigenvalue weighted by Gasteiger charge is 2.17. The first-order valence-corrected chi connectivity index (χ1v) is 17.9. The molecule has 5 rings (SSSR count). The summed E-state index contributed by atoms with van der Waals surface area (Å²) in [6.45, 7) is 0.443. The Morgan fingerprint density at radius 3 is 1.62 bits per heavy atom. The molecular formula is C37H37N3O6S2. The quantitative estimate of drug-likeness (QED) is 0.166. The molecule has 0 amide bonds. The Labute approximate surface area is 282 Å². The molecule has 0 fully saturated rings. The van der Waals surface area contributed by atoms with Crippen molar-refractivity contribution in [2.75, 3.05) is 38.0 Å². The number of nitrogens with zero attached hydrogens (tertiary/aromatic N) is 3. The van der Waals surface area contributed by atoms with Crippen molar-refractivity contribution in [3.05, 3.63) is 149 Å². The van der Waals surface area contributed by atoms with E-state index in [0.717, 1.165) is 39.4 Å². The zero-order valence-electron chi connectivity index (χ0n) is 27.1. The van der Waals surface area contributed by atoms with Gasteiger partial charge in [0, 0.05) is 50.7 Å². The van der Waals surface area contributed by atoms with Crippen LogP contribution in [0.2, 0.25) is 0 Å². The monoisotopic (exact) mass is 683 g/mol. The average molecular weight is 684 g/mol. The van der Waals surface area contributed by atoms with Gasteiger partial charge in [0.25, 0.3) is 10.1 Å². The molecule has 0 saturated carbocycles. The van der Waals surface area contributed by atoms with Gasteiger partial charge in [-0.15, -0.1) is 0 Å². The number of benzene rings is 4. The van der Waals surface area contributed by atoms with Crippen molar-refractivity contribution in [1.29, 1.82) is 0 Å². The van der Waals surface area contributed by atoms with E-state index in [1.807, 2.05) is 66.8 Å². The molecule has 0 aliphatic heterocycles. The summed E-state index contributed by atoms with van der Waals surface area (Å²) in [5.74, 6) is 0. The zero-order valence-corrected chi connectivity index (χ0v) is 28.7. The van der Waals surface area contributed by atoms with Crippen LogP contribution >= 0.6 is 0 Å². The lowest BCUT2D eigenvalue weighted by molar-refractivity contribution is -0.462. The fraction of sp³-hybridized carbons (Fsp3) is 0.162. The topological polar surface area (TPSA) is 121 Å². The van der Waals surface area contributed by atoms with Crippen LogP contribution in [0.5, 0.6) is 0 Å². The number of hydrogen-bond acceptors (Lipinski definition) is 7. The minimum atomic E-state index is -4.66. The lowest BCUT2D eigenvalue weighted by Crippen LogP contribution is -2.22. The van der Waals surface area contributed by atoms with E-state index in [-0.39, 0.29) is 22.9 Å². The Hall–Kier alpha value is -4.81. The van der Waals surface area contributed by atoms with Crippen LogP contribution in [0, 0.1) is 0 Å². The van der Waals surface area contributed by atoms with Crippen molar-refractivity contribution in [3.63, 3.8) is 0 Å². The summed E-state index contributed by atoms with van der Waals surface area (Å²) in [4.78, 5) is 3.44. The molecule has 0 spiro atoms. The predicted molar refractivity (Wildman–Crippen MR) is 189 cm³/mol. The third-order valence-electron chi connectivity index (χ3n) is 8.00. The van der Waals surface area contributed by atoms with Crippen molar-refractivity contribution in [2.45, 2.75) is 22.9 Å². The SMILES string of the molecule is CN(C)c1ccc(C(=C2C=CC(=[N+](C)C)C=C2)c2ccc(N(Cc3cccc(S(=O)(=O)[O-])c3)Cc3cccc(S(=O)(=O)O)c3)cc2)cc1. The summed E-state index contributed by atoms with van der Waals surface area (Å²) < 4.78 is 70.6. The van der Waals surface area contributed by atoms with E-state index in [4.69, 9.17) is 0 Å². The molecule has 1 aliphatic rings. The Morgan fingerprint density at radius 2 is 1.17 bits per heavy atom. The second kappa shape index (κ2) is 14.1. The molecule has 48 heavy (non-hydrogen) atoms. The molecule has 9 nitrogen and oxygen atoms in total. The van der Waals surface area contributed by atoms with Gasteiger partial charge in [0.05, 0.1) is 9.79 Å². The van der Waals surface area contributed by atoms with Crippen molar-refractivity contribution >= 4 is 42.9 Å². The maximum Gasteiger partial charge on any atom is 0.294 e. The highest BCUT2D eigenvalue weighted by molar-refractivity contribution is 7.86. The number of rotatable bonds is 10. The fourth-order valence-electron chi connectivity index (χ4n) is 5.47. The van der Waals surface area contributed by atoms with Gasteiger partial charge in [-0.25, -0.2) is 13.0 Å². The Morgan fingerprint density at radius 1 is 0.688 bits per heavy atom. The predicted octanol–water partition coefficient (Wildman–Crippen LogP) is 5.75. The van der Waals surface area contributed by atoms with E-state index in [0.29, 0.717) is 11.1 Å². The molecule has 0 heterocycles. The Kier molecular flexibility index (Phi) is 10.2. The van der Waals surface area contributed by atoms with Gasteiger partial charge in [0.1, 0.15) is 24.2 Å². The molecule has 0 aromatic heterocycles. The maximum atomic E-state index is 11.9. The van der Waals surface area contributed by atoms with Crippen LogP contribution in [0.1, 0.15) is 22.3 Å². The fourth-order valence-corrected chi connectivity index (χ4v) is 6.57. The first kappa shape index (κ1) is 34.5. The molecule has 0 unspecified atom stereocenters. The average Bonchev–Trinajstić information content (AvgIpc) is 3.05. The second-order valence-corrected chi connectivity index (χ2v) is 14.7. The van der Waals surface area contributed by atoms with E-state index in [1.165, 1.54) is 30.3 Å². The molecule has 4 aromatic rings. The third-order valence-corrected chi connectivity index (χ3v) is 9.68. The number of anilines is 2. The maximum absolute atomic E-state index is 11.9. The van der Waals surface area contributed by atoms with Crippen LogP contribution in [0.15, 0.2) is 137 Å². The Bertz CT molecular complexity index is 2070. The lowest BCUT2D eigenvalue weighted by Gasteiger charge is -2.26. The summed E-state index contributed by atoms with van der Waals surface area (Å²) >= 11 is 0. The molecule has 1 N–H and O–H groups in total. The zero-order chi connectivity index (χ0) is 34.6. The molecule has 0 saturated heterocycles. The molecular weight excluding hydrogens is 647 g/mol. The van der Waals surface area contributed by atoms with E-state index < -0.39 is 20.2 Å². The summed E-state index contributed by atoms with van der Waals surface area (Å²) in [5.41, 5.74) is 8.22. The number of hydrogen-bond donors (Lipinski definition) is 1. The van der Waals surface area contributed by atoms with Gasteiger partial charge in [-0.05, 0) is 94.1 Å². The van der Waals surface area contributed by atoms with E-state index >= 15 is 0 Å². The van der Waals surface area contributed by atoms with Crippen LogP contribution in [0.25, 0.3) is 5.57 Å². The molecule has 0 radical (unpaired) electrons. The van der Waals surface area contributed by atoms with Crippen molar-refractivity contribution < 1.29 is 30.5 Å². The minimum absolute atomic E-state index is 0.216. The van der Waals surface area contributed by atoms with Gasteiger partial charge < -0.3 is 14.4 Å². The van der Waals surface area contributed by atoms with E-state index in [2.05, 4.69) is 48.6 Å². The summed E-state index contributed by atoms with van der Waals surface area (Å²) in [6.07, 6.45) is 8.36. The van der Waals surface area contributed by atoms with Crippen LogP contribution in [-0.4, -0.2) is 64.4 Å². The van der Waals surface area contributed by atoms with E-state index in [1.54, 1.807) is 18.2 Å². The van der Waals surface area contributed by atoms with Crippen LogP contribution in [0.3, 0.4) is 0 Å². The molecule has 11 heteroatoms.